The van der Waals surface area contributed by atoms with Gasteiger partial charge < -0.3 is 15.8 Å². The van der Waals surface area contributed by atoms with Gasteiger partial charge in [-0.15, -0.1) is 11.8 Å². The van der Waals surface area contributed by atoms with Gasteiger partial charge in [-0.05, 0) is 48.7 Å². The minimum Gasteiger partial charge on any atom is -0.465 e. The topological polar surface area (TPSA) is 64.3 Å². The molecule has 0 fully saturated rings. The summed E-state index contributed by atoms with van der Waals surface area (Å²) < 4.78 is 4.66. The summed E-state index contributed by atoms with van der Waals surface area (Å²) >= 11 is 1.69. The van der Waals surface area contributed by atoms with Gasteiger partial charge in [0.1, 0.15) is 0 Å². The molecule has 5 heteroatoms. The maximum Gasteiger partial charge on any atom is 0.337 e. The predicted molar refractivity (Wildman–Crippen MR) is 83.7 cm³/mol. The van der Waals surface area contributed by atoms with Crippen molar-refractivity contribution in [3.05, 3.63) is 48.0 Å². The van der Waals surface area contributed by atoms with E-state index in [1.807, 2.05) is 30.5 Å². The van der Waals surface area contributed by atoms with Gasteiger partial charge in [0.2, 0.25) is 0 Å². The van der Waals surface area contributed by atoms with E-state index < -0.39 is 5.97 Å². The lowest BCUT2D eigenvalue weighted by Crippen LogP contribution is -2.03. The maximum atomic E-state index is 11.4. The molecule has 4 nitrogen and oxygen atoms in total. The second kappa shape index (κ2) is 6.34. The summed E-state index contributed by atoms with van der Waals surface area (Å²) in [5, 5.41) is 3.22. The van der Waals surface area contributed by atoms with Crippen LogP contribution in [0.5, 0.6) is 0 Å². The van der Waals surface area contributed by atoms with E-state index in [9.17, 15) is 4.79 Å². The van der Waals surface area contributed by atoms with Gasteiger partial charge in [-0.3, -0.25) is 0 Å². The number of rotatable bonds is 4. The van der Waals surface area contributed by atoms with Gasteiger partial charge in [-0.1, -0.05) is 0 Å². The van der Waals surface area contributed by atoms with Gasteiger partial charge in [-0.2, -0.15) is 0 Å². The quantitative estimate of drug-likeness (QED) is 0.512. The minimum atomic E-state index is -0.396. The molecule has 0 spiro atoms. The molecule has 0 aliphatic rings. The standard InChI is InChI=1S/C15H16N2O2S/c1-19-15(18)10-3-8-14(13(16)9-10)17-11-4-6-12(20-2)7-5-11/h3-9,17H,16H2,1-2H3. The summed E-state index contributed by atoms with van der Waals surface area (Å²) in [7, 11) is 1.35. The Morgan fingerprint density at radius 1 is 1.20 bits per heavy atom. The molecule has 3 N–H and O–H groups in total. The van der Waals surface area contributed by atoms with Crippen LogP contribution >= 0.6 is 11.8 Å². The van der Waals surface area contributed by atoms with Crippen molar-refractivity contribution in [2.24, 2.45) is 0 Å². The molecule has 2 rings (SSSR count). The third-order valence-electron chi connectivity index (χ3n) is 2.84. The number of nitrogens with one attached hydrogen (secondary N) is 1. The number of hydrogen-bond acceptors (Lipinski definition) is 5. The van der Waals surface area contributed by atoms with Crippen LogP contribution in [0.25, 0.3) is 0 Å². The van der Waals surface area contributed by atoms with Crippen LogP contribution in [0.15, 0.2) is 47.4 Å². The molecule has 0 saturated carbocycles. The van der Waals surface area contributed by atoms with Crippen molar-refractivity contribution in [1.29, 1.82) is 0 Å². The molecule has 0 aliphatic carbocycles. The highest BCUT2D eigenvalue weighted by Gasteiger charge is 2.08. The Bertz CT molecular complexity index is 612. The van der Waals surface area contributed by atoms with Gasteiger partial charge in [0.05, 0.1) is 24.0 Å². The fourth-order valence-electron chi connectivity index (χ4n) is 1.75. The molecular formula is C15H16N2O2S. The fourth-order valence-corrected chi connectivity index (χ4v) is 2.16. The van der Waals surface area contributed by atoms with Gasteiger partial charge in [0, 0.05) is 10.6 Å². The largest absolute Gasteiger partial charge is 0.465 e. The molecule has 0 bridgehead atoms. The van der Waals surface area contributed by atoms with E-state index in [-0.39, 0.29) is 0 Å². The van der Waals surface area contributed by atoms with Gasteiger partial charge >= 0.3 is 5.97 Å². The second-order valence-electron chi connectivity index (χ2n) is 4.15. The molecule has 0 heterocycles. The van der Waals surface area contributed by atoms with Crippen molar-refractivity contribution in [1.82, 2.24) is 0 Å². The predicted octanol–water partition coefficient (Wildman–Crippen LogP) is 3.52. The first-order valence-corrected chi connectivity index (χ1v) is 7.25. The zero-order chi connectivity index (χ0) is 14.5. The number of thioether (sulfide) groups is 1. The second-order valence-corrected chi connectivity index (χ2v) is 5.03. The van der Waals surface area contributed by atoms with E-state index in [0.29, 0.717) is 11.3 Å². The third kappa shape index (κ3) is 3.24. The Morgan fingerprint density at radius 2 is 1.90 bits per heavy atom. The van der Waals surface area contributed by atoms with E-state index in [1.54, 1.807) is 30.0 Å². The lowest BCUT2D eigenvalue weighted by Gasteiger charge is -2.11. The molecular weight excluding hydrogens is 272 g/mol. The molecule has 0 saturated heterocycles. The molecule has 0 atom stereocenters. The monoisotopic (exact) mass is 288 g/mol. The Hall–Kier alpha value is -2.14. The molecule has 0 unspecified atom stereocenters. The van der Waals surface area contributed by atoms with Gasteiger partial charge in [-0.25, -0.2) is 4.79 Å². The van der Waals surface area contributed by atoms with Crippen molar-refractivity contribution in [2.75, 3.05) is 24.4 Å². The van der Waals surface area contributed by atoms with Crippen molar-refractivity contribution >= 4 is 34.8 Å². The van der Waals surface area contributed by atoms with Crippen LogP contribution in [0.2, 0.25) is 0 Å². The van der Waals surface area contributed by atoms with Crippen LogP contribution in [0.1, 0.15) is 10.4 Å². The van der Waals surface area contributed by atoms with Gasteiger partial charge in [0.25, 0.3) is 0 Å². The maximum absolute atomic E-state index is 11.4. The molecule has 20 heavy (non-hydrogen) atoms. The fraction of sp³-hybridized carbons (Fsp3) is 0.133. The zero-order valence-corrected chi connectivity index (χ0v) is 12.2. The number of carbonyl (C=O) groups excluding carboxylic acids is 1. The number of benzene rings is 2. The number of anilines is 3. The first kappa shape index (κ1) is 14.3. The number of hydrogen-bond donors (Lipinski definition) is 2. The van der Waals surface area contributed by atoms with E-state index >= 15 is 0 Å². The molecule has 0 aliphatic heterocycles. The van der Waals surface area contributed by atoms with Crippen molar-refractivity contribution in [3.63, 3.8) is 0 Å². The first-order chi connectivity index (χ1) is 9.63. The average molecular weight is 288 g/mol. The Kier molecular flexibility index (Phi) is 4.53. The highest BCUT2D eigenvalue weighted by Crippen LogP contribution is 2.26. The molecule has 0 radical (unpaired) electrons. The molecule has 0 aromatic heterocycles. The summed E-state index contributed by atoms with van der Waals surface area (Å²) in [5.41, 5.74) is 8.59. The normalized spacial score (nSPS) is 10.1. The Morgan fingerprint density at radius 3 is 2.45 bits per heavy atom. The highest BCUT2D eigenvalue weighted by atomic mass is 32.2. The first-order valence-electron chi connectivity index (χ1n) is 6.03. The van der Waals surface area contributed by atoms with E-state index in [1.165, 1.54) is 12.0 Å². The number of esters is 1. The van der Waals surface area contributed by atoms with Crippen LogP contribution in [-0.4, -0.2) is 19.3 Å². The van der Waals surface area contributed by atoms with E-state index in [4.69, 9.17) is 5.73 Å². The van der Waals surface area contributed by atoms with E-state index in [0.717, 1.165) is 11.4 Å². The number of methoxy groups -OCH3 is 1. The number of nitrogens with two attached hydrogens (primary N) is 1. The molecule has 2 aromatic rings. The smallest absolute Gasteiger partial charge is 0.337 e. The number of ether oxygens (including phenoxy) is 1. The molecule has 104 valence electrons. The van der Waals surface area contributed by atoms with Crippen molar-refractivity contribution in [2.45, 2.75) is 4.90 Å². The highest BCUT2D eigenvalue weighted by molar-refractivity contribution is 7.98. The number of carbonyl (C=O) groups is 1. The van der Waals surface area contributed by atoms with E-state index in [2.05, 4.69) is 10.1 Å². The van der Waals surface area contributed by atoms with Crippen molar-refractivity contribution in [3.8, 4) is 0 Å². The zero-order valence-electron chi connectivity index (χ0n) is 11.3. The van der Waals surface area contributed by atoms with Crippen molar-refractivity contribution < 1.29 is 9.53 Å². The van der Waals surface area contributed by atoms with Crippen LogP contribution in [0.3, 0.4) is 0 Å². The van der Waals surface area contributed by atoms with Crippen LogP contribution in [0.4, 0.5) is 17.1 Å². The molecule has 0 amide bonds. The molecule has 2 aromatic carbocycles. The van der Waals surface area contributed by atoms with Gasteiger partial charge in [0.15, 0.2) is 0 Å². The summed E-state index contributed by atoms with van der Waals surface area (Å²) in [4.78, 5) is 12.6. The summed E-state index contributed by atoms with van der Waals surface area (Å²) in [5.74, 6) is -0.396. The minimum absolute atomic E-state index is 0.396. The lowest BCUT2D eigenvalue weighted by atomic mass is 10.1. The summed E-state index contributed by atoms with van der Waals surface area (Å²) in [6, 6.07) is 13.1. The SMILES string of the molecule is COC(=O)c1ccc(Nc2ccc(SC)cc2)c(N)c1. The Labute approximate surface area is 122 Å². The van der Waals surface area contributed by atoms with Crippen LogP contribution in [-0.2, 0) is 4.74 Å². The Balaban J connectivity index is 2.18. The third-order valence-corrected chi connectivity index (χ3v) is 3.59. The summed E-state index contributed by atoms with van der Waals surface area (Å²) in [6.07, 6.45) is 2.03. The van der Waals surface area contributed by atoms with Crippen LogP contribution in [0, 0.1) is 0 Å². The number of nitrogen functional groups attached to an aromatic ring is 1. The van der Waals surface area contributed by atoms with Crippen LogP contribution < -0.4 is 11.1 Å². The lowest BCUT2D eigenvalue weighted by molar-refractivity contribution is 0.0601. The average Bonchev–Trinajstić information content (AvgIpc) is 2.49. The summed E-state index contributed by atoms with van der Waals surface area (Å²) in [6.45, 7) is 0.